The monoisotopic (exact) mass is 382 g/mol. The lowest BCUT2D eigenvalue weighted by molar-refractivity contribution is 0.0697. The Morgan fingerprint density at radius 2 is 1.72 bits per heavy atom. The summed E-state index contributed by atoms with van der Waals surface area (Å²) in [5.41, 5.74) is 0.232. The van der Waals surface area contributed by atoms with Crippen LogP contribution in [0.25, 0.3) is 0 Å². The third kappa shape index (κ3) is 3.58. The Bertz CT molecular complexity index is 932. The summed E-state index contributed by atoms with van der Waals surface area (Å²) in [6, 6.07) is 7.47. The fourth-order valence-corrected chi connectivity index (χ4v) is 4.67. The van der Waals surface area contributed by atoms with Crippen molar-refractivity contribution in [1.29, 1.82) is 0 Å². The predicted molar refractivity (Wildman–Crippen MR) is 96.1 cm³/mol. The maximum atomic E-state index is 12.7. The first-order valence-corrected chi connectivity index (χ1v) is 9.46. The Labute approximate surface area is 150 Å². The number of aromatic carboxylic acids is 1. The molecule has 7 nitrogen and oxygen atoms in total. The fourth-order valence-electron chi connectivity index (χ4n) is 2.25. The Morgan fingerprint density at radius 3 is 2.28 bits per heavy atom. The zero-order valence-electron chi connectivity index (χ0n) is 14.2. The van der Waals surface area contributed by atoms with Crippen molar-refractivity contribution < 1.29 is 23.1 Å². The standard InChI is InChI=1S/C16H18N2O5S2/c1-10-14(25(22,23)17(2)3)9-13(24-10)15(19)18(4)12-8-6-5-7-11(12)16(20)21/h5-9H,1-4H3,(H,20,21). The number of carbonyl (C=O) groups is 2. The Hall–Kier alpha value is -2.23. The molecule has 1 N–H and O–H groups in total. The number of aryl methyl sites for hydroxylation is 1. The number of benzene rings is 1. The van der Waals surface area contributed by atoms with E-state index in [-0.39, 0.29) is 21.0 Å². The number of para-hydroxylation sites is 1. The lowest BCUT2D eigenvalue weighted by atomic mass is 10.1. The molecule has 1 aromatic carbocycles. The molecule has 0 aliphatic carbocycles. The highest BCUT2D eigenvalue weighted by molar-refractivity contribution is 7.89. The number of carbonyl (C=O) groups excluding carboxylic acids is 1. The van der Waals surface area contributed by atoms with Crippen molar-refractivity contribution >= 4 is 38.9 Å². The highest BCUT2D eigenvalue weighted by Crippen LogP contribution is 2.30. The van der Waals surface area contributed by atoms with Crippen molar-refractivity contribution in [3.63, 3.8) is 0 Å². The maximum absolute atomic E-state index is 12.7. The number of anilines is 1. The summed E-state index contributed by atoms with van der Waals surface area (Å²) < 4.78 is 25.7. The normalized spacial score (nSPS) is 11.6. The third-order valence-corrected chi connectivity index (χ3v) is 6.75. The Kier molecular flexibility index (Phi) is 5.31. The van der Waals surface area contributed by atoms with E-state index in [1.54, 1.807) is 19.1 Å². The number of carboxylic acid groups (broad SMARTS) is 1. The zero-order chi connectivity index (χ0) is 18.9. The fraction of sp³-hybridized carbons (Fsp3) is 0.250. The number of hydrogen-bond donors (Lipinski definition) is 1. The van der Waals surface area contributed by atoms with E-state index >= 15 is 0 Å². The van der Waals surface area contributed by atoms with E-state index in [4.69, 9.17) is 0 Å². The first-order chi connectivity index (χ1) is 11.6. The molecule has 1 aromatic heterocycles. The molecule has 0 spiro atoms. The largest absolute Gasteiger partial charge is 0.478 e. The molecule has 0 saturated heterocycles. The molecule has 0 fully saturated rings. The topological polar surface area (TPSA) is 95.0 Å². The van der Waals surface area contributed by atoms with Gasteiger partial charge in [0.15, 0.2) is 0 Å². The molecule has 0 aliphatic rings. The smallest absolute Gasteiger partial charge is 0.337 e. The van der Waals surface area contributed by atoms with Crippen molar-refractivity contribution in [1.82, 2.24) is 4.31 Å². The van der Waals surface area contributed by atoms with Crippen LogP contribution >= 0.6 is 11.3 Å². The molecule has 1 amide bonds. The molecule has 0 saturated carbocycles. The minimum Gasteiger partial charge on any atom is -0.478 e. The van der Waals surface area contributed by atoms with Crippen LogP contribution in [0.4, 0.5) is 5.69 Å². The molecule has 134 valence electrons. The second kappa shape index (κ2) is 6.95. The van der Waals surface area contributed by atoms with E-state index in [1.807, 2.05) is 0 Å². The van der Waals surface area contributed by atoms with Crippen molar-refractivity contribution in [3.8, 4) is 0 Å². The van der Waals surface area contributed by atoms with Crippen LogP contribution in [0.2, 0.25) is 0 Å². The van der Waals surface area contributed by atoms with Gasteiger partial charge in [0.25, 0.3) is 5.91 Å². The lowest BCUT2D eigenvalue weighted by Gasteiger charge is -2.18. The van der Waals surface area contributed by atoms with Gasteiger partial charge in [0.1, 0.15) is 0 Å². The zero-order valence-corrected chi connectivity index (χ0v) is 15.8. The van der Waals surface area contributed by atoms with Gasteiger partial charge in [-0.1, -0.05) is 12.1 Å². The Morgan fingerprint density at radius 1 is 1.12 bits per heavy atom. The van der Waals surface area contributed by atoms with E-state index < -0.39 is 21.9 Å². The molecule has 0 bridgehead atoms. The van der Waals surface area contributed by atoms with Gasteiger partial charge in [0.2, 0.25) is 10.0 Å². The number of carboxylic acids is 1. The van der Waals surface area contributed by atoms with Crippen LogP contribution in [0.5, 0.6) is 0 Å². The molecule has 0 aliphatic heterocycles. The number of hydrogen-bond acceptors (Lipinski definition) is 5. The van der Waals surface area contributed by atoms with Gasteiger partial charge in [-0.25, -0.2) is 17.5 Å². The average molecular weight is 382 g/mol. The summed E-state index contributed by atoms with van der Waals surface area (Å²) in [6.07, 6.45) is 0. The summed E-state index contributed by atoms with van der Waals surface area (Å²) in [5.74, 6) is -1.62. The highest BCUT2D eigenvalue weighted by atomic mass is 32.2. The third-order valence-electron chi connectivity index (χ3n) is 3.64. The van der Waals surface area contributed by atoms with Crippen LogP contribution < -0.4 is 4.90 Å². The van der Waals surface area contributed by atoms with Crippen molar-refractivity contribution in [2.24, 2.45) is 0 Å². The average Bonchev–Trinajstić information content (AvgIpc) is 2.95. The molecule has 25 heavy (non-hydrogen) atoms. The molecule has 1 heterocycles. The first kappa shape index (κ1) is 19.1. The van der Waals surface area contributed by atoms with E-state index in [1.165, 1.54) is 44.2 Å². The van der Waals surface area contributed by atoms with Gasteiger partial charge in [-0.05, 0) is 25.1 Å². The summed E-state index contributed by atoms with van der Waals surface area (Å²) in [7, 11) is 0.644. The van der Waals surface area contributed by atoms with Crippen molar-refractivity contribution in [3.05, 3.63) is 45.6 Å². The highest BCUT2D eigenvalue weighted by Gasteiger charge is 2.26. The minimum absolute atomic E-state index is 0.00670. The van der Waals surface area contributed by atoms with Gasteiger partial charge < -0.3 is 10.0 Å². The number of amides is 1. The van der Waals surface area contributed by atoms with Crippen LogP contribution in [0.3, 0.4) is 0 Å². The van der Waals surface area contributed by atoms with E-state index in [9.17, 15) is 23.1 Å². The summed E-state index contributed by atoms with van der Waals surface area (Å²) >= 11 is 1.06. The molecule has 2 aromatic rings. The van der Waals surface area contributed by atoms with Gasteiger partial charge in [-0.15, -0.1) is 11.3 Å². The molecular formula is C16H18N2O5S2. The number of sulfonamides is 1. The minimum atomic E-state index is -3.65. The molecule has 0 unspecified atom stereocenters. The van der Waals surface area contributed by atoms with E-state index in [0.717, 1.165) is 15.6 Å². The predicted octanol–water partition coefficient (Wildman–Crippen LogP) is 2.28. The van der Waals surface area contributed by atoms with E-state index in [2.05, 4.69) is 0 Å². The van der Waals surface area contributed by atoms with Crippen molar-refractivity contribution in [2.45, 2.75) is 11.8 Å². The maximum Gasteiger partial charge on any atom is 0.337 e. The number of nitrogens with zero attached hydrogens (tertiary/aromatic N) is 2. The van der Waals surface area contributed by atoms with Crippen LogP contribution in [0, 0.1) is 6.92 Å². The van der Waals surface area contributed by atoms with Gasteiger partial charge in [0, 0.05) is 26.0 Å². The van der Waals surface area contributed by atoms with Gasteiger partial charge in [0.05, 0.1) is 21.0 Å². The van der Waals surface area contributed by atoms with Gasteiger partial charge in [-0.2, -0.15) is 0 Å². The Balaban J connectivity index is 2.45. The van der Waals surface area contributed by atoms with Crippen molar-refractivity contribution in [2.75, 3.05) is 26.0 Å². The lowest BCUT2D eigenvalue weighted by Crippen LogP contribution is -2.27. The van der Waals surface area contributed by atoms with Crippen LogP contribution in [-0.4, -0.2) is 50.8 Å². The van der Waals surface area contributed by atoms with Gasteiger partial charge in [-0.3, -0.25) is 4.79 Å². The van der Waals surface area contributed by atoms with Crippen LogP contribution in [0.1, 0.15) is 24.9 Å². The van der Waals surface area contributed by atoms with Crippen LogP contribution in [-0.2, 0) is 10.0 Å². The first-order valence-electron chi connectivity index (χ1n) is 7.20. The van der Waals surface area contributed by atoms with Gasteiger partial charge >= 0.3 is 5.97 Å². The quantitative estimate of drug-likeness (QED) is 0.856. The molecule has 2 rings (SSSR count). The van der Waals surface area contributed by atoms with Crippen LogP contribution in [0.15, 0.2) is 35.2 Å². The van der Waals surface area contributed by atoms with E-state index in [0.29, 0.717) is 4.88 Å². The number of thiophene rings is 1. The number of rotatable bonds is 5. The molecule has 9 heteroatoms. The molecular weight excluding hydrogens is 364 g/mol. The molecule has 0 radical (unpaired) electrons. The molecule has 0 atom stereocenters. The summed E-state index contributed by atoms with van der Waals surface area (Å²) in [5, 5.41) is 9.26. The summed E-state index contributed by atoms with van der Waals surface area (Å²) in [4.78, 5) is 26.1. The second-order valence-electron chi connectivity index (χ2n) is 5.50. The SMILES string of the molecule is Cc1sc(C(=O)N(C)c2ccccc2C(=O)O)cc1S(=O)(=O)N(C)C. The second-order valence-corrected chi connectivity index (χ2v) is 8.88. The summed E-state index contributed by atoms with van der Waals surface area (Å²) in [6.45, 7) is 1.63.